The average Bonchev–Trinajstić information content (AvgIpc) is 1.99. The van der Waals surface area contributed by atoms with Gasteiger partial charge in [0.05, 0.1) is 0 Å². The first-order valence-corrected chi connectivity index (χ1v) is 5.20. The number of hydrogen-bond donors (Lipinski definition) is 0. The summed E-state index contributed by atoms with van der Waals surface area (Å²) in [6.07, 6.45) is 2.71. The van der Waals surface area contributed by atoms with E-state index in [9.17, 15) is 0 Å². The highest BCUT2D eigenvalue weighted by atomic mass is 15.2. The number of nitrogens with zero attached hydrogens (tertiary/aromatic N) is 2. The summed E-state index contributed by atoms with van der Waals surface area (Å²) in [7, 11) is 2.21. The van der Waals surface area contributed by atoms with Crippen LogP contribution in [0.15, 0.2) is 0 Å². The van der Waals surface area contributed by atoms with Gasteiger partial charge in [0.15, 0.2) is 0 Å². The van der Waals surface area contributed by atoms with Crippen molar-refractivity contribution in [1.82, 2.24) is 9.80 Å². The Morgan fingerprint density at radius 1 is 1.33 bits per heavy atom. The number of likely N-dealkylation sites (tertiary alicyclic amines) is 1. The zero-order valence-electron chi connectivity index (χ0n) is 8.71. The predicted molar refractivity (Wildman–Crippen MR) is 53.4 cm³/mol. The fourth-order valence-electron chi connectivity index (χ4n) is 1.70. The van der Waals surface area contributed by atoms with Crippen molar-refractivity contribution in [3.05, 3.63) is 0 Å². The van der Waals surface area contributed by atoms with Gasteiger partial charge >= 0.3 is 0 Å². The normalized spacial score (nSPS) is 21.0. The zero-order valence-corrected chi connectivity index (χ0v) is 8.71. The van der Waals surface area contributed by atoms with Crippen molar-refractivity contribution in [3.63, 3.8) is 0 Å². The first-order chi connectivity index (χ1) is 5.77. The van der Waals surface area contributed by atoms with Crippen LogP contribution in [-0.4, -0.2) is 49.1 Å². The Morgan fingerprint density at radius 2 is 2.00 bits per heavy atom. The van der Waals surface area contributed by atoms with Crippen molar-refractivity contribution in [2.45, 2.75) is 32.7 Å². The third kappa shape index (κ3) is 2.46. The lowest BCUT2D eigenvalue weighted by molar-refractivity contribution is 0.0900. The lowest BCUT2D eigenvalue weighted by Crippen LogP contribution is -2.49. The molecule has 1 saturated heterocycles. The molecule has 2 heteroatoms. The van der Waals surface area contributed by atoms with E-state index in [0.29, 0.717) is 0 Å². The second-order valence-corrected chi connectivity index (χ2v) is 3.81. The van der Waals surface area contributed by atoms with Crippen molar-refractivity contribution >= 4 is 0 Å². The monoisotopic (exact) mass is 170 g/mol. The molecule has 0 aromatic carbocycles. The van der Waals surface area contributed by atoms with Crippen LogP contribution in [0.3, 0.4) is 0 Å². The van der Waals surface area contributed by atoms with E-state index in [4.69, 9.17) is 0 Å². The minimum absolute atomic E-state index is 0.809. The molecule has 0 aromatic rings. The largest absolute Gasteiger partial charge is 0.305 e. The predicted octanol–water partition coefficient (Wildman–Crippen LogP) is 1.42. The van der Waals surface area contributed by atoms with E-state index in [-0.39, 0.29) is 0 Å². The molecule has 1 rings (SSSR count). The number of hydrogen-bond acceptors (Lipinski definition) is 2. The molecule has 0 N–H and O–H groups in total. The summed E-state index contributed by atoms with van der Waals surface area (Å²) >= 11 is 0. The fraction of sp³-hybridized carbons (Fsp3) is 1.00. The highest BCUT2D eigenvalue weighted by molar-refractivity contribution is 4.79. The van der Waals surface area contributed by atoms with E-state index in [1.165, 1.54) is 39.0 Å². The molecule has 0 amide bonds. The lowest BCUT2D eigenvalue weighted by Gasteiger charge is -2.39. The molecular formula is C10H22N2. The van der Waals surface area contributed by atoms with Gasteiger partial charge in [0.1, 0.15) is 0 Å². The molecule has 1 aliphatic heterocycles. The Kier molecular flexibility index (Phi) is 4.02. The highest BCUT2D eigenvalue weighted by Crippen LogP contribution is 2.14. The van der Waals surface area contributed by atoms with Crippen LogP contribution >= 0.6 is 0 Å². The molecule has 1 unspecified atom stereocenters. The number of likely N-dealkylation sites (N-methyl/N-ethyl adjacent to an activating group) is 1. The van der Waals surface area contributed by atoms with Crippen molar-refractivity contribution in [1.29, 1.82) is 0 Å². The Labute approximate surface area is 76.5 Å². The Bertz CT molecular complexity index is 121. The molecule has 1 atom stereocenters. The first-order valence-electron chi connectivity index (χ1n) is 5.20. The highest BCUT2D eigenvalue weighted by Gasteiger charge is 2.22. The van der Waals surface area contributed by atoms with Crippen molar-refractivity contribution in [2.24, 2.45) is 0 Å². The fourth-order valence-corrected chi connectivity index (χ4v) is 1.70. The van der Waals surface area contributed by atoms with Gasteiger partial charge < -0.3 is 4.90 Å². The van der Waals surface area contributed by atoms with Gasteiger partial charge in [-0.3, -0.25) is 4.90 Å². The van der Waals surface area contributed by atoms with E-state index < -0.39 is 0 Å². The second-order valence-electron chi connectivity index (χ2n) is 3.81. The van der Waals surface area contributed by atoms with Gasteiger partial charge in [0.25, 0.3) is 0 Å². The minimum Gasteiger partial charge on any atom is -0.305 e. The molecule has 0 spiro atoms. The van der Waals surface area contributed by atoms with E-state index >= 15 is 0 Å². The molecule has 0 aromatic heterocycles. The van der Waals surface area contributed by atoms with Crippen LogP contribution in [0.2, 0.25) is 0 Å². The Balaban J connectivity index is 2.24. The second kappa shape index (κ2) is 4.83. The summed E-state index contributed by atoms with van der Waals surface area (Å²) in [6.45, 7) is 9.60. The van der Waals surface area contributed by atoms with E-state index in [1.54, 1.807) is 0 Å². The van der Waals surface area contributed by atoms with Crippen LogP contribution in [0, 0.1) is 0 Å². The standard InChI is InChI=1S/C10H22N2/c1-4-10(9-11(3)5-2)12-7-6-8-12/h10H,4-9H2,1-3H3. The van der Waals surface area contributed by atoms with E-state index in [2.05, 4.69) is 30.7 Å². The van der Waals surface area contributed by atoms with Gasteiger partial charge in [-0.05, 0) is 39.5 Å². The molecular weight excluding hydrogens is 148 g/mol. The molecule has 0 saturated carbocycles. The van der Waals surface area contributed by atoms with Crippen molar-refractivity contribution in [3.8, 4) is 0 Å². The summed E-state index contributed by atoms with van der Waals surface area (Å²) in [5.74, 6) is 0. The van der Waals surface area contributed by atoms with Gasteiger partial charge in [0.2, 0.25) is 0 Å². The molecule has 12 heavy (non-hydrogen) atoms. The van der Waals surface area contributed by atoms with Crippen LogP contribution in [0.1, 0.15) is 26.7 Å². The van der Waals surface area contributed by atoms with E-state index in [1.807, 2.05) is 0 Å². The summed E-state index contributed by atoms with van der Waals surface area (Å²) in [6, 6.07) is 0.809. The summed E-state index contributed by atoms with van der Waals surface area (Å²) in [4.78, 5) is 5.01. The summed E-state index contributed by atoms with van der Waals surface area (Å²) in [5, 5.41) is 0. The van der Waals surface area contributed by atoms with Crippen molar-refractivity contribution < 1.29 is 0 Å². The third-order valence-electron chi connectivity index (χ3n) is 2.94. The maximum absolute atomic E-state index is 2.60. The molecule has 72 valence electrons. The molecule has 0 aliphatic carbocycles. The molecule has 1 aliphatic rings. The third-order valence-corrected chi connectivity index (χ3v) is 2.94. The van der Waals surface area contributed by atoms with Crippen LogP contribution in [0.5, 0.6) is 0 Å². The molecule has 1 heterocycles. The SMILES string of the molecule is CCC(CN(C)CC)N1CCC1. The van der Waals surface area contributed by atoms with Gasteiger partial charge in [-0.2, -0.15) is 0 Å². The average molecular weight is 170 g/mol. The number of rotatable bonds is 5. The van der Waals surface area contributed by atoms with Gasteiger partial charge in [-0.25, -0.2) is 0 Å². The van der Waals surface area contributed by atoms with Gasteiger partial charge in [-0.15, -0.1) is 0 Å². The molecule has 0 radical (unpaired) electrons. The minimum atomic E-state index is 0.809. The van der Waals surface area contributed by atoms with Gasteiger partial charge in [0, 0.05) is 12.6 Å². The maximum Gasteiger partial charge on any atom is 0.0220 e. The van der Waals surface area contributed by atoms with Gasteiger partial charge in [-0.1, -0.05) is 13.8 Å². The maximum atomic E-state index is 2.60. The quantitative estimate of drug-likeness (QED) is 0.616. The molecule has 1 fully saturated rings. The first kappa shape index (κ1) is 10.0. The van der Waals surface area contributed by atoms with Crippen molar-refractivity contribution in [2.75, 3.05) is 33.2 Å². The Hall–Kier alpha value is -0.0800. The van der Waals surface area contributed by atoms with E-state index in [0.717, 1.165) is 6.04 Å². The summed E-state index contributed by atoms with van der Waals surface area (Å²) in [5.41, 5.74) is 0. The van der Waals surface area contributed by atoms with Crippen LogP contribution < -0.4 is 0 Å². The Morgan fingerprint density at radius 3 is 2.33 bits per heavy atom. The lowest BCUT2D eigenvalue weighted by atomic mass is 10.1. The summed E-state index contributed by atoms with van der Waals surface area (Å²) < 4.78 is 0. The van der Waals surface area contributed by atoms with Crippen LogP contribution in [0.25, 0.3) is 0 Å². The van der Waals surface area contributed by atoms with Crippen LogP contribution in [0.4, 0.5) is 0 Å². The topological polar surface area (TPSA) is 6.48 Å². The molecule has 0 bridgehead atoms. The molecule has 2 nitrogen and oxygen atoms in total. The smallest absolute Gasteiger partial charge is 0.0220 e. The van der Waals surface area contributed by atoms with Crippen LogP contribution in [-0.2, 0) is 0 Å². The zero-order chi connectivity index (χ0) is 8.97.